The molecule has 0 aliphatic carbocycles. The van der Waals surface area contributed by atoms with E-state index in [-0.39, 0.29) is 30.8 Å². The van der Waals surface area contributed by atoms with Gasteiger partial charge in [-0.25, -0.2) is 0 Å². The summed E-state index contributed by atoms with van der Waals surface area (Å²) in [6.45, 7) is 7.47. The van der Waals surface area contributed by atoms with Gasteiger partial charge in [0.05, 0.1) is 12.8 Å². The summed E-state index contributed by atoms with van der Waals surface area (Å²) in [5, 5.41) is 4.77. The van der Waals surface area contributed by atoms with E-state index in [0.717, 1.165) is 16.3 Å². The third-order valence-electron chi connectivity index (χ3n) is 6.12. The van der Waals surface area contributed by atoms with Gasteiger partial charge in [-0.15, -0.1) is 0 Å². The number of methoxy groups -OCH3 is 1. The molecule has 1 atom stereocenters. The molecule has 0 saturated heterocycles. The van der Waals surface area contributed by atoms with Crippen LogP contribution in [0.1, 0.15) is 43.6 Å². The quantitative estimate of drug-likeness (QED) is 0.559. The molecule has 0 saturated carbocycles. The van der Waals surface area contributed by atoms with E-state index in [1.165, 1.54) is 9.80 Å². The number of carbonyl (C=O) groups is 3. The first-order valence-corrected chi connectivity index (χ1v) is 11.7. The number of carbonyl (C=O) groups excluding carboxylic acids is 3. The zero-order valence-corrected chi connectivity index (χ0v) is 20.8. The van der Waals surface area contributed by atoms with Crippen LogP contribution in [0.25, 0.3) is 10.8 Å². The topological polar surface area (TPSA) is 79.0 Å². The molecule has 0 radical (unpaired) electrons. The van der Waals surface area contributed by atoms with Gasteiger partial charge in [0.15, 0.2) is 0 Å². The van der Waals surface area contributed by atoms with Crippen LogP contribution in [0.15, 0.2) is 60.7 Å². The molecule has 0 fully saturated rings. The molecule has 7 heteroatoms. The molecule has 1 aliphatic heterocycles. The van der Waals surface area contributed by atoms with Crippen molar-refractivity contribution >= 4 is 34.2 Å². The van der Waals surface area contributed by atoms with Gasteiger partial charge >= 0.3 is 0 Å². The predicted molar refractivity (Wildman–Crippen MR) is 137 cm³/mol. The van der Waals surface area contributed by atoms with Crippen LogP contribution in [-0.2, 0) is 16.1 Å². The lowest BCUT2D eigenvalue weighted by atomic mass is 10.1. The van der Waals surface area contributed by atoms with Crippen LogP contribution in [0.2, 0.25) is 0 Å². The maximum atomic E-state index is 13.7. The third kappa shape index (κ3) is 4.99. The normalized spacial score (nSPS) is 13.6. The molecule has 0 bridgehead atoms. The fraction of sp³-hybridized carbons (Fsp3) is 0.321. The van der Waals surface area contributed by atoms with Gasteiger partial charge in [-0.2, -0.15) is 0 Å². The fourth-order valence-corrected chi connectivity index (χ4v) is 4.35. The lowest BCUT2D eigenvalue weighted by molar-refractivity contribution is -0.140. The number of rotatable bonds is 7. The van der Waals surface area contributed by atoms with E-state index in [9.17, 15) is 14.4 Å². The van der Waals surface area contributed by atoms with Crippen molar-refractivity contribution in [3.63, 3.8) is 0 Å². The molecule has 7 nitrogen and oxygen atoms in total. The number of anilines is 1. The van der Waals surface area contributed by atoms with Crippen molar-refractivity contribution < 1.29 is 19.1 Å². The average molecular weight is 474 g/mol. The van der Waals surface area contributed by atoms with Crippen LogP contribution in [0.4, 0.5) is 5.69 Å². The summed E-state index contributed by atoms with van der Waals surface area (Å²) in [5.41, 5.74) is 1.72. The summed E-state index contributed by atoms with van der Waals surface area (Å²) in [4.78, 5) is 43.0. The molecule has 182 valence electrons. The zero-order chi connectivity index (χ0) is 25.3. The number of nitrogens with one attached hydrogen (secondary N) is 1. The second-order valence-electron chi connectivity index (χ2n) is 9.86. The first-order valence-electron chi connectivity index (χ1n) is 11.7. The minimum Gasteiger partial charge on any atom is -0.497 e. The monoisotopic (exact) mass is 473 g/mol. The van der Waals surface area contributed by atoms with Gasteiger partial charge in [0.1, 0.15) is 18.3 Å². The Bertz CT molecular complexity index is 1270. The van der Waals surface area contributed by atoms with Crippen LogP contribution in [0, 0.1) is 0 Å². The molecule has 3 aromatic rings. The summed E-state index contributed by atoms with van der Waals surface area (Å²) >= 11 is 0. The molecule has 0 aromatic heterocycles. The number of amides is 3. The average Bonchev–Trinajstić information content (AvgIpc) is 3.09. The van der Waals surface area contributed by atoms with Crippen LogP contribution in [0.3, 0.4) is 0 Å². The van der Waals surface area contributed by atoms with Crippen molar-refractivity contribution in [3.8, 4) is 5.75 Å². The molecule has 1 heterocycles. The lowest BCUT2D eigenvalue weighted by Crippen LogP contribution is -2.54. The summed E-state index contributed by atoms with van der Waals surface area (Å²) in [6, 6.07) is 17.9. The van der Waals surface area contributed by atoms with E-state index in [1.54, 1.807) is 20.1 Å². The molecule has 1 aliphatic rings. The number of ether oxygens (including phenoxy) is 1. The largest absolute Gasteiger partial charge is 0.497 e. The lowest BCUT2D eigenvalue weighted by Gasteiger charge is -2.32. The van der Waals surface area contributed by atoms with Crippen molar-refractivity contribution in [1.82, 2.24) is 10.2 Å². The summed E-state index contributed by atoms with van der Waals surface area (Å²) in [6.07, 6.45) is 0. The molecule has 0 spiro atoms. The van der Waals surface area contributed by atoms with Gasteiger partial charge in [-0.05, 0) is 62.9 Å². The van der Waals surface area contributed by atoms with Gasteiger partial charge in [0.2, 0.25) is 11.8 Å². The second-order valence-corrected chi connectivity index (χ2v) is 9.86. The van der Waals surface area contributed by atoms with Gasteiger partial charge in [0.25, 0.3) is 5.91 Å². The second kappa shape index (κ2) is 9.41. The van der Waals surface area contributed by atoms with Crippen LogP contribution in [-0.4, -0.2) is 47.9 Å². The van der Waals surface area contributed by atoms with Crippen LogP contribution < -0.4 is 15.0 Å². The Morgan fingerprint density at radius 3 is 2.31 bits per heavy atom. The van der Waals surface area contributed by atoms with E-state index >= 15 is 0 Å². The number of nitrogens with zero attached hydrogens (tertiary/aromatic N) is 2. The highest BCUT2D eigenvalue weighted by atomic mass is 16.5. The Kier molecular flexibility index (Phi) is 6.52. The Labute approximate surface area is 205 Å². The molecular weight excluding hydrogens is 442 g/mol. The Morgan fingerprint density at radius 2 is 1.69 bits per heavy atom. The molecule has 4 rings (SSSR count). The van der Waals surface area contributed by atoms with Crippen LogP contribution >= 0.6 is 0 Å². The first kappa shape index (κ1) is 24.3. The minimum absolute atomic E-state index is 0.157. The maximum Gasteiger partial charge on any atom is 0.259 e. The molecule has 3 amide bonds. The SMILES string of the molecule is COc1ccc(CN(C(=O)CN2C(=O)c3cccc4cccc2c34)C(C)C(=O)NC(C)(C)C)cc1. The zero-order valence-electron chi connectivity index (χ0n) is 20.8. The third-order valence-corrected chi connectivity index (χ3v) is 6.12. The van der Waals surface area contributed by atoms with Gasteiger partial charge in [0, 0.05) is 23.0 Å². The number of hydrogen-bond donors (Lipinski definition) is 1. The van der Waals surface area contributed by atoms with E-state index in [2.05, 4.69) is 5.32 Å². The van der Waals surface area contributed by atoms with Crippen LogP contribution in [0.5, 0.6) is 5.75 Å². The maximum absolute atomic E-state index is 13.7. The Balaban J connectivity index is 1.62. The Morgan fingerprint density at radius 1 is 1.03 bits per heavy atom. The highest BCUT2D eigenvalue weighted by Crippen LogP contribution is 2.37. The summed E-state index contributed by atoms with van der Waals surface area (Å²) in [5.74, 6) is -0.0620. The summed E-state index contributed by atoms with van der Waals surface area (Å²) in [7, 11) is 1.59. The number of hydrogen-bond acceptors (Lipinski definition) is 4. The van der Waals surface area contributed by atoms with E-state index in [1.807, 2.05) is 75.4 Å². The fourth-order valence-electron chi connectivity index (χ4n) is 4.35. The van der Waals surface area contributed by atoms with Crippen molar-refractivity contribution in [3.05, 3.63) is 71.8 Å². The molecular formula is C28H31N3O4. The Hall–Kier alpha value is -3.87. The number of benzene rings is 3. The molecule has 35 heavy (non-hydrogen) atoms. The first-order chi connectivity index (χ1) is 16.6. The van der Waals surface area contributed by atoms with E-state index in [4.69, 9.17) is 4.74 Å². The smallest absolute Gasteiger partial charge is 0.259 e. The van der Waals surface area contributed by atoms with E-state index < -0.39 is 11.6 Å². The molecule has 3 aromatic carbocycles. The predicted octanol–water partition coefficient (Wildman–Crippen LogP) is 4.14. The highest BCUT2D eigenvalue weighted by Gasteiger charge is 2.34. The van der Waals surface area contributed by atoms with Crippen molar-refractivity contribution in [2.24, 2.45) is 0 Å². The standard InChI is InChI=1S/C28H31N3O4/c1-18(26(33)29-28(2,3)4)30(16-19-12-14-21(35-5)15-13-19)24(32)17-31-23-11-7-9-20-8-6-10-22(25(20)23)27(31)34/h6-15,18H,16-17H2,1-5H3,(H,29,33). The molecule has 1 unspecified atom stereocenters. The van der Waals surface area contributed by atoms with Gasteiger partial charge < -0.3 is 15.0 Å². The highest BCUT2D eigenvalue weighted by molar-refractivity contribution is 6.26. The molecule has 1 N–H and O–H groups in total. The summed E-state index contributed by atoms with van der Waals surface area (Å²) < 4.78 is 5.23. The van der Waals surface area contributed by atoms with E-state index in [0.29, 0.717) is 17.0 Å². The minimum atomic E-state index is -0.736. The van der Waals surface area contributed by atoms with Crippen molar-refractivity contribution in [2.75, 3.05) is 18.6 Å². The van der Waals surface area contributed by atoms with Gasteiger partial charge in [-0.1, -0.05) is 36.4 Å². The van der Waals surface area contributed by atoms with Crippen molar-refractivity contribution in [1.29, 1.82) is 0 Å². The van der Waals surface area contributed by atoms with Gasteiger partial charge in [-0.3, -0.25) is 19.3 Å². The van der Waals surface area contributed by atoms with Crippen molar-refractivity contribution in [2.45, 2.75) is 45.8 Å².